The molecule has 3 heteroatoms. The number of unbranched alkanes of at least 4 members (excludes halogenated alkanes) is 1. The fraction of sp³-hybridized carbons (Fsp3) is 0.750. The van der Waals surface area contributed by atoms with Crippen molar-refractivity contribution in [1.82, 2.24) is 5.32 Å². The maximum atomic E-state index is 10.4. The molecule has 0 rings (SSSR count). The lowest BCUT2D eigenvalue weighted by Gasteiger charge is -2.04. The molecule has 15 heavy (non-hydrogen) atoms. The molecular weight excluding hydrogens is 190 g/mol. The second-order valence-electron chi connectivity index (χ2n) is 4.29. The van der Waals surface area contributed by atoms with Crippen LogP contribution in [0.1, 0.15) is 40.0 Å². The second kappa shape index (κ2) is 8.48. The van der Waals surface area contributed by atoms with E-state index in [4.69, 9.17) is 5.11 Å². The van der Waals surface area contributed by atoms with Gasteiger partial charge in [0, 0.05) is 12.1 Å². The van der Waals surface area contributed by atoms with Gasteiger partial charge in [-0.1, -0.05) is 32.8 Å². The van der Waals surface area contributed by atoms with Crippen LogP contribution in [0.15, 0.2) is 11.6 Å². The zero-order chi connectivity index (χ0) is 11.7. The van der Waals surface area contributed by atoms with Crippen molar-refractivity contribution in [2.75, 3.05) is 13.1 Å². The smallest absolute Gasteiger partial charge is 0.330 e. The molecule has 0 aliphatic carbocycles. The van der Waals surface area contributed by atoms with Crippen molar-refractivity contribution < 1.29 is 9.90 Å². The van der Waals surface area contributed by atoms with Gasteiger partial charge in [0.25, 0.3) is 0 Å². The van der Waals surface area contributed by atoms with Gasteiger partial charge in [0.2, 0.25) is 0 Å². The molecule has 3 nitrogen and oxygen atoms in total. The first-order valence-corrected chi connectivity index (χ1v) is 5.64. The Labute approximate surface area is 92.6 Å². The van der Waals surface area contributed by atoms with Crippen LogP contribution in [0.2, 0.25) is 0 Å². The SMILES string of the molecule is C/C(=C/CNCCCCC(C)C)C(=O)O. The van der Waals surface area contributed by atoms with Gasteiger partial charge in [-0.15, -0.1) is 0 Å². The highest BCUT2D eigenvalue weighted by molar-refractivity contribution is 5.85. The monoisotopic (exact) mass is 213 g/mol. The Morgan fingerprint density at radius 1 is 1.40 bits per heavy atom. The van der Waals surface area contributed by atoms with E-state index in [2.05, 4.69) is 19.2 Å². The maximum Gasteiger partial charge on any atom is 0.330 e. The van der Waals surface area contributed by atoms with Crippen molar-refractivity contribution in [3.8, 4) is 0 Å². The highest BCUT2D eigenvalue weighted by Gasteiger charge is 1.97. The minimum Gasteiger partial charge on any atom is -0.478 e. The predicted molar refractivity (Wildman–Crippen MR) is 63.0 cm³/mol. The molecule has 0 aromatic carbocycles. The first kappa shape index (κ1) is 14.2. The largest absolute Gasteiger partial charge is 0.478 e. The van der Waals surface area contributed by atoms with Crippen LogP contribution in [-0.2, 0) is 4.79 Å². The van der Waals surface area contributed by atoms with Crippen molar-refractivity contribution in [3.05, 3.63) is 11.6 Å². The third kappa shape index (κ3) is 9.47. The van der Waals surface area contributed by atoms with E-state index in [9.17, 15) is 4.79 Å². The lowest BCUT2D eigenvalue weighted by molar-refractivity contribution is -0.132. The molecule has 0 spiro atoms. The van der Waals surface area contributed by atoms with E-state index in [1.54, 1.807) is 13.0 Å². The van der Waals surface area contributed by atoms with Crippen LogP contribution >= 0.6 is 0 Å². The number of carboxylic acids is 1. The van der Waals surface area contributed by atoms with Gasteiger partial charge in [0.1, 0.15) is 0 Å². The van der Waals surface area contributed by atoms with Crippen molar-refractivity contribution >= 4 is 5.97 Å². The molecular formula is C12H23NO2. The van der Waals surface area contributed by atoms with Crippen LogP contribution in [0, 0.1) is 5.92 Å². The normalized spacial score (nSPS) is 12.1. The number of nitrogens with one attached hydrogen (secondary N) is 1. The zero-order valence-electron chi connectivity index (χ0n) is 10.0. The molecule has 0 aliphatic heterocycles. The average Bonchev–Trinajstić information content (AvgIpc) is 2.15. The summed E-state index contributed by atoms with van der Waals surface area (Å²) in [4.78, 5) is 10.4. The summed E-state index contributed by atoms with van der Waals surface area (Å²) >= 11 is 0. The van der Waals surface area contributed by atoms with Crippen molar-refractivity contribution in [2.45, 2.75) is 40.0 Å². The molecule has 0 atom stereocenters. The van der Waals surface area contributed by atoms with Crippen LogP contribution in [0.3, 0.4) is 0 Å². The number of aliphatic carboxylic acids is 1. The van der Waals surface area contributed by atoms with Gasteiger partial charge in [-0.05, 0) is 25.8 Å². The number of rotatable bonds is 8. The third-order valence-electron chi connectivity index (χ3n) is 2.27. The molecule has 0 aromatic rings. The molecule has 0 aromatic heterocycles. The first-order valence-electron chi connectivity index (χ1n) is 5.64. The Morgan fingerprint density at radius 3 is 2.60 bits per heavy atom. The summed E-state index contributed by atoms with van der Waals surface area (Å²) in [5, 5.41) is 11.8. The van der Waals surface area contributed by atoms with Crippen LogP contribution < -0.4 is 5.32 Å². The van der Waals surface area contributed by atoms with Crippen molar-refractivity contribution in [1.29, 1.82) is 0 Å². The molecule has 0 saturated carbocycles. The predicted octanol–water partition coefficient (Wildman–Crippen LogP) is 2.43. The number of hydrogen-bond acceptors (Lipinski definition) is 2. The van der Waals surface area contributed by atoms with E-state index in [1.165, 1.54) is 12.8 Å². The van der Waals surface area contributed by atoms with Crippen LogP contribution in [0.5, 0.6) is 0 Å². The Hall–Kier alpha value is -0.830. The number of hydrogen-bond donors (Lipinski definition) is 2. The maximum absolute atomic E-state index is 10.4. The van der Waals surface area contributed by atoms with Gasteiger partial charge >= 0.3 is 5.97 Å². The second-order valence-corrected chi connectivity index (χ2v) is 4.29. The van der Waals surface area contributed by atoms with Crippen molar-refractivity contribution in [2.24, 2.45) is 5.92 Å². The molecule has 0 amide bonds. The molecule has 0 unspecified atom stereocenters. The topological polar surface area (TPSA) is 49.3 Å². The molecule has 0 aliphatic rings. The van der Waals surface area contributed by atoms with Gasteiger partial charge in [0.15, 0.2) is 0 Å². The molecule has 0 heterocycles. The Bertz CT molecular complexity index is 210. The quantitative estimate of drug-likeness (QED) is 0.481. The fourth-order valence-corrected chi connectivity index (χ4v) is 1.22. The van der Waals surface area contributed by atoms with E-state index in [0.29, 0.717) is 12.1 Å². The van der Waals surface area contributed by atoms with E-state index < -0.39 is 5.97 Å². The summed E-state index contributed by atoms with van der Waals surface area (Å²) in [7, 11) is 0. The van der Waals surface area contributed by atoms with E-state index in [1.807, 2.05) is 0 Å². The minimum atomic E-state index is -0.836. The summed E-state index contributed by atoms with van der Waals surface area (Å²) in [5.41, 5.74) is 0.407. The zero-order valence-corrected chi connectivity index (χ0v) is 10.0. The summed E-state index contributed by atoms with van der Waals surface area (Å²) in [6.45, 7) is 7.69. The van der Waals surface area contributed by atoms with Gasteiger partial charge < -0.3 is 10.4 Å². The van der Waals surface area contributed by atoms with Gasteiger partial charge in [0.05, 0.1) is 0 Å². The standard InChI is InChI=1S/C12H23NO2/c1-10(2)6-4-5-8-13-9-7-11(3)12(14)15/h7,10,13H,4-6,8-9H2,1-3H3,(H,14,15)/b11-7-. The van der Waals surface area contributed by atoms with Crippen molar-refractivity contribution in [3.63, 3.8) is 0 Å². The van der Waals surface area contributed by atoms with Crippen LogP contribution in [0.25, 0.3) is 0 Å². The molecule has 0 fully saturated rings. The molecule has 0 radical (unpaired) electrons. The highest BCUT2D eigenvalue weighted by Crippen LogP contribution is 2.04. The minimum absolute atomic E-state index is 0.407. The molecule has 0 bridgehead atoms. The number of carbonyl (C=O) groups is 1. The first-order chi connectivity index (χ1) is 7.04. The molecule has 88 valence electrons. The summed E-state index contributed by atoms with van der Waals surface area (Å²) in [5.74, 6) is -0.0595. The number of carboxylic acid groups (broad SMARTS) is 1. The van der Waals surface area contributed by atoms with Gasteiger partial charge in [-0.3, -0.25) is 0 Å². The van der Waals surface area contributed by atoms with Gasteiger partial charge in [-0.2, -0.15) is 0 Å². The summed E-state index contributed by atoms with van der Waals surface area (Å²) in [6.07, 6.45) is 5.39. The summed E-state index contributed by atoms with van der Waals surface area (Å²) < 4.78 is 0. The lowest BCUT2D eigenvalue weighted by atomic mass is 10.1. The fourth-order valence-electron chi connectivity index (χ4n) is 1.22. The molecule has 2 N–H and O–H groups in total. The van der Waals surface area contributed by atoms with E-state index >= 15 is 0 Å². The lowest BCUT2D eigenvalue weighted by Crippen LogP contribution is -2.16. The average molecular weight is 213 g/mol. The van der Waals surface area contributed by atoms with Crippen LogP contribution in [0.4, 0.5) is 0 Å². The Morgan fingerprint density at radius 2 is 2.07 bits per heavy atom. The van der Waals surface area contributed by atoms with E-state index in [-0.39, 0.29) is 0 Å². The third-order valence-corrected chi connectivity index (χ3v) is 2.27. The molecule has 0 saturated heterocycles. The van der Waals surface area contributed by atoms with Gasteiger partial charge in [-0.25, -0.2) is 4.79 Å². The Balaban J connectivity index is 3.32. The van der Waals surface area contributed by atoms with E-state index in [0.717, 1.165) is 18.9 Å². The highest BCUT2D eigenvalue weighted by atomic mass is 16.4. The van der Waals surface area contributed by atoms with Crippen LogP contribution in [-0.4, -0.2) is 24.2 Å². The Kier molecular flexibility index (Phi) is 8.01. The summed E-state index contributed by atoms with van der Waals surface area (Å²) in [6, 6.07) is 0.